The average Bonchev–Trinajstić information content (AvgIpc) is 2.30. The first-order valence-electron chi connectivity index (χ1n) is 5.13. The van der Waals surface area contributed by atoms with Gasteiger partial charge in [-0.3, -0.25) is 0 Å². The van der Waals surface area contributed by atoms with Crippen molar-refractivity contribution in [2.45, 2.75) is 26.3 Å². The third-order valence-electron chi connectivity index (χ3n) is 2.17. The molecule has 2 N–H and O–H groups in total. The number of aliphatic hydroxyl groups excluding tert-OH is 1. The number of aliphatic hydroxyl groups is 1. The first kappa shape index (κ1) is 13.1. The van der Waals surface area contributed by atoms with Crippen LogP contribution in [0.5, 0.6) is 0 Å². The van der Waals surface area contributed by atoms with Gasteiger partial charge in [-0.1, -0.05) is 39.2 Å². The fraction of sp³-hybridized carbons (Fsp3) is 0.500. The Balaban J connectivity index is 0.000000791. The number of rotatable bonds is 3. The number of nitrogens with one attached hydrogen (secondary N) is 1. The molecule has 0 fully saturated rings. The Morgan fingerprint density at radius 1 is 1.36 bits per heavy atom. The topological polar surface area (TPSA) is 32.3 Å². The summed E-state index contributed by atoms with van der Waals surface area (Å²) < 4.78 is 0. The molecule has 1 aliphatic heterocycles. The van der Waals surface area contributed by atoms with Crippen LogP contribution in [0.25, 0.3) is 0 Å². The highest BCUT2D eigenvalue weighted by atomic mass is 16.3. The molecule has 0 aliphatic carbocycles. The molecule has 1 atom stereocenters. The molecule has 0 aromatic heterocycles. The van der Waals surface area contributed by atoms with Crippen molar-refractivity contribution in [2.24, 2.45) is 0 Å². The lowest BCUT2D eigenvalue weighted by molar-refractivity contribution is 0.241. The fourth-order valence-electron chi connectivity index (χ4n) is 1.38. The third-order valence-corrected chi connectivity index (χ3v) is 2.17. The molecule has 80 valence electrons. The van der Waals surface area contributed by atoms with Gasteiger partial charge in [0, 0.05) is 12.6 Å². The van der Waals surface area contributed by atoms with E-state index < -0.39 is 0 Å². The molecule has 1 unspecified atom stereocenters. The van der Waals surface area contributed by atoms with Gasteiger partial charge in [-0.15, -0.1) is 0 Å². The van der Waals surface area contributed by atoms with Crippen LogP contribution in [-0.2, 0) is 0 Å². The lowest BCUT2D eigenvalue weighted by atomic mass is 9.96. The van der Waals surface area contributed by atoms with Gasteiger partial charge in [-0.2, -0.15) is 0 Å². The van der Waals surface area contributed by atoms with Crippen LogP contribution in [0.3, 0.4) is 0 Å². The molecule has 0 bridgehead atoms. The smallest absolute Gasteiger partial charge is 0.0587 e. The number of hydrogen-bond donors (Lipinski definition) is 2. The summed E-state index contributed by atoms with van der Waals surface area (Å²) in [5.74, 6) is 0. The predicted molar refractivity (Wildman–Crippen MR) is 62.3 cm³/mol. The largest absolute Gasteiger partial charge is 0.395 e. The van der Waals surface area contributed by atoms with Crippen molar-refractivity contribution in [1.82, 2.24) is 5.32 Å². The molecule has 0 saturated heterocycles. The summed E-state index contributed by atoms with van der Waals surface area (Å²) in [6, 6.07) is 0.182. The molecular formula is C12H21NO. The van der Waals surface area contributed by atoms with E-state index in [4.69, 9.17) is 5.11 Å². The molecule has 2 nitrogen and oxygen atoms in total. The van der Waals surface area contributed by atoms with Crippen molar-refractivity contribution in [2.75, 3.05) is 13.2 Å². The van der Waals surface area contributed by atoms with Gasteiger partial charge in [-0.05, 0) is 17.6 Å². The Hall–Kier alpha value is -0.860. The van der Waals surface area contributed by atoms with Crippen molar-refractivity contribution in [3.63, 3.8) is 0 Å². The van der Waals surface area contributed by atoms with Gasteiger partial charge in [0.15, 0.2) is 0 Å². The zero-order chi connectivity index (χ0) is 11.0. The molecule has 0 radical (unpaired) electrons. The van der Waals surface area contributed by atoms with E-state index in [0.29, 0.717) is 0 Å². The highest BCUT2D eigenvalue weighted by Gasteiger charge is 2.15. The Kier molecular flexibility index (Phi) is 7.07. The molecule has 0 aromatic carbocycles. The zero-order valence-corrected chi connectivity index (χ0v) is 9.21. The molecule has 0 spiro atoms. The second kappa shape index (κ2) is 7.54. The summed E-state index contributed by atoms with van der Waals surface area (Å²) in [6.45, 7) is 12.4. The minimum Gasteiger partial charge on any atom is -0.395 e. The van der Waals surface area contributed by atoms with Crippen LogP contribution in [0.15, 0.2) is 36.5 Å². The van der Waals surface area contributed by atoms with Crippen molar-refractivity contribution >= 4 is 0 Å². The first-order valence-corrected chi connectivity index (χ1v) is 5.13. The lowest BCUT2D eigenvalue weighted by Gasteiger charge is -2.24. The normalized spacial score (nSPS) is 20.9. The minimum absolute atomic E-state index is 0.182. The minimum atomic E-state index is 0.182. The average molecular weight is 195 g/mol. The predicted octanol–water partition coefficient (Wildman–Crippen LogP) is 2.04. The van der Waals surface area contributed by atoms with E-state index in [-0.39, 0.29) is 12.6 Å². The second-order valence-corrected chi connectivity index (χ2v) is 2.92. The summed E-state index contributed by atoms with van der Waals surface area (Å²) in [4.78, 5) is 0. The lowest BCUT2D eigenvalue weighted by Crippen LogP contribution is -2.37. The van der Waals surface area contributed by atoms with Gasteiger partial charge in [0.05, 0.1) is 6.61 Å². The van der Waals surface area contributed by atoms with Crippen molar-refractivity contribution in [3.05, 3.63) is 36.5 Å². The highest BCUT2D eigenvalue weighted by molar-refractivity contribution is 5.35. The summed E-state index contributed by atoms with van der Waals surface area (Å²) in [5.41, 5.74) is 2.39. The molecular weight excluding hydrogens is 174 g/mol. The first-order chi connectivity index (χ1) is 6.81. The molecule has 1 aliphatic rings. The zero-order valence-electron chi connectivity index (χ0n) is 9.21. The molecule has 14 heavy (non-hydrogen) atoms. The van der Waals surface area contributed by atoms with E-state index in [0.717, 1.165) is 13.0 Å². The van der Waals surface area contributed by atoms with Crippen LogP contribution in [0, 0.1) is 0 Å². The van der Waals surface area contributed by atoms with E-state index in [1.165, 1.54) is 11.1 Å². The van der Waals surface area contributed by atoms with Crippen LogP contribution in [0.2, 0.25) is 0 Å². The van der Waals surface area contributed by atoms with Crippen LogP contribution < -0.4 is 5.32 Å². The van der Waals surface area contributed by atoms with Gasteiger partial charge >= 0.3 is 0 Å². The monoisotopic (exact) mass is 195 g/mol. The SMILES string of the molecule is C=CC1=C(C=C)CC(CO)NC1.CC. The molecule has 1 rings (SSSR count). The number of hydrogen-bond acceptors (Lipinski definition) is 2. The maximum Gasteiger partial charge on any atom is 0.0587 e. The third kappa shape index (κ3) is 3.48. The van der Waals surface area contributed by atoms with Crippen molar-refractivity contribution in [3.8, 4) is 0 Å². The van der Waals surface area contributed by atoms with Crippen molar-refractivity contribution in [1.29, 1.82) is 0 Å². The van der Waals surface area contributed by atoms with Crippen LogP contribution in [0.1, 0.15) is 20.3 Å². The van der Waals surface area contributed by atoms with E-state index in [1.807, 2.05) is 26.0 Å². The fourth-order valence-corrected chi connectivity index (χ4v) is 1.38. The molecule has 2 heteroatoms. The maximum atomic E-state index is 8.92. The van der Waals surface area contributed by atoms with Crippen molar-refractivity contribution < 1.29 is 5.11 Å². The summed E-state index contributed by atoms with van der Waals surface area (Å²) >= 11 is 0. The molecule has 0 saturated carbocycles. The van der Waals surface area contributed by atoms with E-state index in [1.54, 1.807) is 0 Å². The summed E-state index contributed by atoms with van der Waals surface area (Å²) in [5, 5.41) is 12.1. The Morgan fingerprint density at radius 3 is 2.36 bits per heavy atom. The quantitative estimate of drug-likeness (QED) is 0.722. The van der Waals surface area contributed by atoms with E-state index >= 15 is 0 Å². The molecule has 0 amide bonds. The standard InChI is InChI=1S/C10H15NO.C2H6/c1-3-8-5-10(7-12)11-6-9(8)4-2;1-2/h3-4,10-12H,1-2,5-7H2;1-2H3. The second-order valence-electron chi connectivity index (χ2n) is 2.92. The Bertz CT molecular complexity index is 218. The summed E-state index contributed by atoms with van der Waals surface area (Å²) in [6.07, 6.45) is 4.54. The van der Waals surface area contributed by atoms with Gasteiger partial charge < -0.3 is 10.4 Å². The van der Waals surface area contributed by atoms with E-state index in [2.05, 4.69) is 18.5 Å². The van der Waals surface area contributed by atoms with Gasteiger partial charge in [0.2, 0.25) is 0 Å². The number of allylic oxidation sites excluding steroid dienone is 1. The maximum absolute atomic E-state index is 8.92. The highest BCUT2D eigenvalue weighted by Crippen LogP contribution is 2.17. The van der Waals surface area contributed by atoms with Crippen LogP contribution in [0.4, 0.5) is 0 Å². The molecule has 1 heterocycles. The Labute approximate surface area is 87.0 Å². The van der Waals surface area contributed by atoms with Crippen LogP contribution in [-0.4, -0.2) is 24.3 Å². The Morgan fingerprint density at radius 2 is 1.93 bits per heavy atom. The van der Waals surface area contributed by atoms with Crippen LogP contribution >= 0.6 is 0 Å². The summed E-state index contributed by atoms with van der Waals surface area (Å²) in [7, 11) is 0. The van der Waals surface area contributed by atoms with Gasteiger partial charge in [0.25, 0.3) is 0 Å². The van der Waals surface area contributed by atoms with Gasteiger partial charge in [-0.25, -0.2) is 0 Å². The molecule has 0 aromatic rings. The van der Waals surface area contributed by atoms with Gasteiger partial charge in [0.1, 0.15) is 0 Å². The van der Waals surface area contributed by atoms with E-state index in [9.17, 15) is 0 Å².